The molecule has 0 atom stereocenters. The number of aromatic nitrogens is 3. The number of carbonyl (C=O) groups excluding carboxylic acids is 1. The first kappa shape index (κ1) is 17.0. The van der Waals surface area contributed by atoms with Crippen molar-refractivity contribution in [2.45, 2.75) is 26.3 Å². The molecule has 0 saturated carbocycles. The first-order chi connectivity index (χ1) is 11.1. The summed E-state index contributed by atoms with van der Waals surface area (Å²) in [6, 6.07) is 5.19. The van der Waals surface area contributed by atoms with Crippen LogP contribution in [0.25, 0.3) is 0 Å². The molecule has 0 spiro atoms. The highest BCUT2D eigenvalue weighted by Crippen LogP contribution is 2.29. The van der Waals surface area contributed by atoms with Crippen LogP contribution < -0.4 is 14.8 Å². The number of anilines is 1. The van der Waals surface area contributed by atoms with Gasteiger partial charge < -0.3 is 14.8 Å². The van der Waals surface area contributed by atoms with E-state index in [-0.39, 0.29) is 12.5 Å². The molecule has 1 aromatic heterocycles. The zero-order valence-corrected chi connectivity index (χ0v) is 14.2. The average molecular weight is 336 g/mol. The number of ether oxygens (including phenoxy) is 2. The van der Waals surface area contributed by atoms with E-state index in [1.807, 2.05) is 6.92 Å². The van der Waals surface area contributed by atoms with Crippen molar-refractivity contribution in [3.63, 3.8) is 0 Å². The third kappa shape index (κ3) is 4.10. The van der Waals surface area contributed by atoms with Crippen LogP contribution in [-0.2, 0) is 17.8 Å². The number of H-pyrrole nitrogens is 1. The second-order valence-electron chi connectivity index (χ2n) is 4.90. The Bertz CT molecular complexity index is 739. The summed E-state index contributed by atoms with van der Waals surface area (Å²) in [5.74, 6) is 1.75. The van der Waals surface area contributed by atoms with Gasteiger partial charge in [0.15, 0.2) is 16.3 Å². The molecule has 0 saturated heterocycles. The highest BCUT2D eigenvalue weighted by molar-refractivity contribution is 7.71. The van der Waals surface area contributed by atoms with E-state index in [1.54, 1.807) is 37.0 Å². The van der Waals surface area contributed by atoms with E-state index < -0.39 is 0 Å². The van der Waals surface area contributed by atoms with Crippen molar-refractivity contribution >= 4 is 23.8 Å². The minimum atomic E-state index is -0.188. The van der Waals surface area contributed by atoms with Gasteiger partial charge in [0.1, 0.15) is 12.4 Å². The van der Waals surface area contributed by atoms with Gasteiger partial charge in [-0.05, 0) is 30.8 Å². The lowest BCUT2D eigenvalue weighted by atomic mass is 10.2. The number of hydrogen-bond donors (Lipinski definition) is 2. The number of hydrogen-bond acceptors (Lipinski definition) is 5. The van der Waals surface area contributed by atoms with Crippen LogP contribution in [0.15, 0.2) is 18.2 Å². The van der Waals surface area contributed by atoms with Crippen LogP contribution in [0.2, 0.25) is 0 Å². The van der Waals surface area contributed by atoms with Crippen LogP contribution in [0.3, 0.4) is 0 Å². The van der Waals surface area contributed by atoms with Crippen molar-refractivity contribution < 1.29 is 14.3 Å². The van der Waals surface area contributed by atoms with Gasteiger partial charge in [-0.3, -0.25) is 14.5 Å². The number of nitrogens with zero attached hydrogens (tertiary/aromatic N) is 2. The topological polar surface area (TPSA) is 81.2 Å². The third-order valence-corrected chi connectivity index (χ3v) is 3.59. The van der Waals surface area contributed by atoms with Crippen molar-refractivity contribution in [3.8, 4) is 11.5 Å². The van der Waals surface area contributed by atoms with Gasteiger partial charge in [-0.25, -0.2) is 0 Å². The van der Waals surface area contributed by atoms with Crippen molar-refractivity contribution in [1.82, 2.24) is 14.8 Å². The molecule has 1 heterocycles. The van der Waals surface area contributed by atoms with Crippen LogP contribution >= 0.6 is 12.2 Å². The van der Waals surface area contributed by atoms with E-state index in [0.717, 1.165) is 18.7 Å². The van der Waals surface area contributed by atoms with Gasteiger partial charge in [0.25, 0.3) is 0 Å². The van der Waals surface area contributed by atoms with Crippen LogP contribution in [-0.4, -0.2) is 34.9 Å². The van der Waals surface area contributed by atoms with E-state index in [1.165, 1.54) is 0 Å². The Balaban J connectivity index is 2.11. The second kappa shape index (κ2) is 7.77. The summed E-state index contributed by atoms with van der Waals surface area (Å²) in [7, 11) is 3.11. The van der Waals surface area contributed by atoms with Gasteiger partial charge >= 0.3 is 0 Å². The first-order valence-corrected chi connectivity index (χ1v) is 7.65. The third-order valence-electron chi connectivity index (χ3n) is 3.28. The van der Waals surface area contributed by atoms with Gasteiger partial charge in [-0.15, -0.1) is 0 Å². The molecule has 1 aromatic carbocycles. The van der Waals surface area contributed by atoms with E-state index >= 15 is 0 Å². The number of aromatic amines is 1. The fraction of sp³-hybridized carbons (Fsp3) is 0.400. The Kier molecular flexibility index (Phi) is 5.75. The van der Waals surface area contributed by atoms with Gasteiger partial charge in [0.2, 0.25) is 5.91 Å². The maximum absolute atomic E-state index is 12.3. The molecule has 23 heavy (non-hydrogen) atoms. The maximum Gasteiger partial charge on any atom is 0.244 e. The summed E-state index contributed by atoms with van der Waals surface area (Å²) in [4.78, 5) is 12.3. The van der Waals surface area contributed by atoms with Crippen LogP contribution in [0, 0.1) is 4.77 Å². The van der Waals surface area contributed by atoms with Gasteiger partial charge in [-0.1, -0.05) is 6.92 Å². The zero-order valence-electron chi connectivity index (χ0n) is 13.4. The SMILES string of the molecule is CCCc1n[nH]c(=S)n1CC(=O)Nc1ccc(OC)c(OC)c1. The number of rotatable bonds is 7. The quantitative estimate of drug-likeness (QED) is 0.760. The summed E-state index contributed by atoms with van der Waals surface area (Å²) in [5, 5.41) is 9.69. The van der Waals surface area contributed by atoms with E-state index in [9.17, 15) is 4.79 Å². The lowest BCUT2D eigenvalue weighted by molar-refractivity contribution is -0.116. The van der Waals surface area contributed by atoms with Crippen LogP contribution in [0.1, 0.15) is 19.2 Å². The van der Waals surface area contributed by atoms with E-state index in [2.05, 4.69) is 15.5 Å². The minimum Gasteiger partial charge on any atom is -0.493 e. The number of amides is 1. The Labute approximate surface area is 139 Å². The Hall–Kier alpha value is -2.35. The predicted octanol–water partition coefficient (Wildman–Crippen LogP) is 2.55. The fourth-order valence-corrected chi connectivity index (χ4v) is 2.40. The lowest BCUT2D eigenvalue weighted by Crippen LogP contribution is -2.20. The van der Waals surface area contributed by atoms with Crippen molar-refractivity contribution in [3.05, 3.63) is 28.8 Å². The molecule has 0 bridgehead atoms. The molecule has 124 valence electrons. The molecule has 2 N–H and O–H groups in total. The van der Waals surface area contributed by atoms with E-state index in [4.69, 9.17) is 21.7 Å². The average Bonchev–Trinajstić information content (AvgIpc) is 2.88. The number of methoxy groups -OCH3 is 2. The minimum absolute atomic E-state index is 0.110. The molecule has 1 amide bonds. The molecule has 2 rings (SSSR count). The van der Waals surface area contributed by atoms with Gasteiger partial charge in [0.05, 0.1) is 14.2 Å². The largest absolute Gasteiger partial charge is 0.493 e. The monoisotopic (exact) mass is 336 g/mol. The van der Waals surface area contributed by atoms with Crippen LogP contribution in [0.4, 0.5) is 5.69 Å². The Morgan fingerprint density at radius 2 is 2.09 bits per heavy atom. The number of nitrogens with one attached hydrogen (secondary N) is 2. The molecule has 8 heteroatoms. The lowest BCUT2D eigenvalue weighted by Gasteiger charge is -2.11. The smallest absolute Gasteiger partial charge is 0.244 e. The van der Waals surface area contributed by atoms with E-state index in [0.29, 0.717) is 22.0 Å². The first-order valence-electron chi connectivity index (χ1n) is 7.25. The second-order valence-corrected chi connectivity index (χ2v) is 5.29. The number of benzene rings is 1. The summed E-state index contributed by atoms with van der Waals surface area (Å²) in [6.07, 6.45) is 1.69. The van der Waals surface area contributed by atoms with Gasteiger partial charge in [-0.2, -0.15) is 5.10 Å². The number of carbonyl (C=O) groups is 1. The molecule has 0 unspecified atom stereocenters. The normalized spacial score (nSPS) is 10.4. The Morgan fingerprint density at radius 3 is 2.74 bits per heavy atom. The highest BCUT2D eigenvalue weighted by atomic mass is 32.1. The summed E-state index contributed by atoms with van der Waals surface area (Å²) in [6.45, 7) is 2.16. The zero-order chi connectivity index (χ0) is 16.8. The van der Waals surface area contributed by atoms with Gasteiger partial charge in [0, 0.05) is 18.2 Å². The molecular formula is C15H20N4O3S. The highest BCUT2D eigenvalue weighted by Gasteiger charge is 2.11. The summed E-state index contributed by atoms with van der Waals surface area (Å²) >= 11 is 5.17. The molecule has 0 aliphatic carbocycles. The molecule has 0 radical (unpaired) electrons. The van der Waals surface area contributed by atoms with Crippen molar-refractivity contribution in [2.24, 2.45) is 0 Å². The summed E-state index contributed by atoms with van der Waals surface area (Å²) < 4.78 is 12.5. The maximum atomic E-state index is 12.3. The molecular weight excluding hydrogens is 316 g/mol. The molecule has 0 aliphatic rings. The summed E-state index contributed by atoms with van der Waals surface area (Å²) in [5.41, 5.74) is 0.625. The Morgan fingerprint density at radius 1 is 1.35 bits per heavy atom. The standard InChI is InChI=1S/C15H20N4O3S/c1-4-5-13-17-18-15(23)19(13)9-14(20)16-10-6-7-11(21-2)12(8-10)22-3/h6-8H,4-5,9H2,1-3H3,(H,16,20)(H,18,23). The van der Waals surface area contributed by atoms with Crippen molar-refractivity contribution in [2.75, 3.05) is 19.5 Å². The van der Waals surface area contributed by atoms with Crippen molar-refractivity contribution in [1.29, 1.82) is 0 Å². The molecule has 0 fully saturated rings. The number of aryl methyl sites for hydroxylation is 1. The predicted molar refractivity (Wildman–Crippen MR) is 89.6 cm³/mol. The molecule has 2 aromatic rings. The molecule has 0 aliphatic heterocycles. The fourth-order valence-electron chi connectivity index (χ4n) is 2.19. The van der Waals surface area contributed by atoms with Crippen LogP contribution in [0.5, 0.6) is 11.5 Å². The molecule has 7 nitrogen and oxygen atoms in total.